The Kier molecular flexibility index (Phi) is 4.51. The normalized spacial score (nSPS) is 17.2. The van der Waals surface area contributed by atoms with Crippen LogP contribution in [0.15, 0.2) is 12.1 Å². The first-order valence-corrected chi connectivity index (χ1v) is 8.45. The second-order valence-electron chi connectivity index (χ2n) is 4.28. The Morgan fingerprint density at radius 1 is 1.19 bits per heavy atom. The number of ether oxygens (including phenoxy) is 2. The summed E-state index contributed by atoms with van der Waals surface area (Å²) in [5, 5.41) is -3.06. The largest absolute Gasteiger partial charge is 0.489 e. The quantitative estimate of drug-likeness (QED) is 0.751. The number of benzene rings is 1. The van der Waals surface area contributed by atoms with E-state index in [-0.39, 0.29) is 23.1 Å². The predicted molar refractivity (Wildman–Crippen MR) is 70.6 cm³/mol. The molecule has 4 nitrogen and oxygen atoms in total. The molecule has 1 aromatic carbocycles. The fraction of sp³-hybridized carbons (Fsp3) is 0.455. The Balaban J connectivity index is 2.58. The number of halogens is 5. The fourth-order valence-electron chi connectivity index (χ4n) is 1.91. The molecule has 2 rings (SSSR count). The lowest BCUT2D eigenvalue weighted by Gasteiger charge is -2.19. The third kappa shape index (κ3) is 3.67. The molecule has 21 heavy (non-hydrogen) atoms. The summed E-state index contributed by atoms with van der Waals surface area (Å²) >= 11 is 5.85. The fourth-order valence-corrected chi connectivity index (χ4v) is 3.58. The van der Waals surface area contributed by atoms with Crippen molar-refractivity contribution in [3.8, 4) is 11.5 Å². The minimum atomic E-state index is -5.08. The Morgan fingerprint density at radius 2 is 1.81 bits per heavy atom. The van der Waals surface area contributed by atoms with Crippen molar-refractivity contribution in [1.82, 2.24) is 0 Å². The van der Waals surface area contributed by atoms with Crippen LogP contribution in [0.3, 0.4) is 0 Å². The van der Waals surface area contributed by atoms with Gasteiger partial charge in [0, 0.05) is 17.1 Å². The highest BCUT2D eigenvalue weighted by Gasteiger charge is 2.49. The zero-order valence-corrected chi connectivity index (χ0v) is 12.6. The molecule has 118 valence electrons. The van der Waals surface area contributed by atoms with E-state index in [1.807, 2.05) is 0 Å². The molecule has 1 atom stereocenters. The van der Waals surface area contributed by atoms with E-state index in [4.69, 9.17) is 31.8 Å². The van der Waals surface area contributed by atoms with Crippen molar-refractivity contribution >= 4 is 31.3 Å². The van der Waals surface area contributed by atoms with Crippen molar-refractivity contribution in [2.24, 2.45) is 0 Å². The summed E-state index contributed by atoms with van der Waals surface area (Å²) in [6, 6.07) is 1.80. The monoisotopic (exact) mass is 364 g/mol. The van der Waals surface area contributed by atoms with Gasteiger partial charge >= 0.3 is 6.18 Å². The van der Waals surface area contributed by atoms with E-state index >= 15 is 0 Å². The molecule has 10 heteroatoms. The van der Waals surface area contributed by atoms with Gasteiger partial charge < -0.3 is 9.47 Å². The van der Waals surface area contributed by atoms with Crippen LogP contribution in [0.5, 0.6) is 11.5 Å². The van der Waals surface area contributed by atoms with Crippen LogP contribution in [0.4, 0.5) is 13.2 Å². The summed E-state index contributed by atoms with van der Waals surface area (Å²) in [4.78, 5) is 0. The van der Waals surface area contributed by atoms with E-state index < -0.39 is 26.0 Å². The molecule has 0 radical (unpaired) electrons. The van der Waals surface area contributed by atoms with Gasteiger partial charge in [-0.3, -0.25) is 0 Å². The molecule has 1 aromatic rings. The first-order valence-electron chi connectivity index (χ1n) is 5.70. The molecule has 0 spiro atoms. The molecule has 1 aliphatic rings. The second-order valence-corrected chi connectivity index (χ2v) is 7.40. The van der Waals surface area contributed by atoms with Gasteiger partial charge in [-0.2, -0.15) is 13.2 Å². The van der Waals surface area contributed by atoms with Crippen molar-refractivity contribution < 1.29 is 31.1 Å². The molecule has 0 bridgehead atoms. The number of rotatable bonds is 2. The third-order valence-electron chi connectivity index (χ3n) is 2.71. The van der Waals surface area contributed by atoms with Gasteiger partial charge in [0.05, 0.1) is 18.2 Å². The minimum Gasteiger partial charge on any atom is -0.489 e. The molecule has 0 saturated carbocycles. The zero-order valence-electron chi connectivity index (χ0n) is 10.3. The van der Waals surface area contributed by atoms with Gasteiger partial charge in [-0.1, -0.05) is 11.6 Å². The maximum atomic E-state index is 13.0. The maximum absolute atomic E-state index is 13.0. The lowest BCUT2D eigenvalue weighted by molar-refractivity contribution is -0.131. The number of fused-ring (bicyclic) bond motifs is 1. The highest BCUT2D eigenvalue weighted by Crippen LogP contribution is 2.46. The van der Waals surface area contributed by atoms with Crippen molar-refractivity contribution in [3.05, 3.63) is 22.7 Å². The van der Waals surface area contributed by atoms with E-state index in [0.29, 0.717) is 13.0 Å². The Hall–Kier alpha value is -0.860. The van der Waals surface area contributed by atoms with E-state index in [1.54, 1.807) is 0 Å². The minimum absolute atomic E-state index is 0.0374. The summed E-state index contributed by atoms with van der Waals surface area (Å²) in [7, 11) is -0.0127. The average Bonchev–Trinajstić information content (AvgIpc) is 2.50. The van der Waals surface area contributed by atoms with Crippen LogP contribution in [-0.4, -0.2) is 27.8 Å². The Labute approximate surface area is 128 Å². The van der Waals surface area contributed by atoms with Gasteiger partial charge in [-0.15, -0.1) is 0 Å². The van der Waals surface area contributed by atoms with Gasteiger partial charge in [0.25, 0.3) is 0 Å². The van der Waals surface area contributed by atoms with Crippen molar-refractivity contribution in [3.63, 3.8) is 0 Å². The molecule has 0 amide bonds. The summed E-state index contributed by atoms with van der Waals surface area (Å²) in [5.74, 6) is 0.0513. The second kappa shape index (κ2) is 5.73. The summed E-state index contributed by atoms with van der Waals surface area (Å²) < 4.78 is 71.9. The van der Waals surface area contributed by atoms with Crippen LogP contribution in [0.1, 0.15) is 17.2 Å². The lowest BCUT2D eigenvalue weighted by atomic mass is 10.1. The first kappa shape index (κ1) is 16.5. The van der Waals surface area contributed by atoms with Crippen LogP contribution < -0.4 is 9.47 Å². The smallest absolute Gasteiger partial charge is 0.410 e. The molecule has 0 N–H and O–H groups in total. The van der Waals surface area contributed by atoms with E-state index in [0.717, 1.165) is 12.1 Å². The van der Waals surface area contributed by atoms with Crippen molar-refractivity contribution in [2.45, 2.75) is 17.8 Å². The average molecular weight is 365 g/mol. The van der Waals surface area contributed by atoms with Gasteiger partial charge in [0.2, 0.25) is 9.05 Å². The molecule has 1 aliphatic heterocycles. The molecule has 1 heterocycles. The van der Waals surface area contributed by atoms with Crippen LogP contribution in [0.25, 0.3) is 0 Å². The molecule has 0 aromatic heterocycles. The summed E-state index contributed by atoms with van der Waals surface area (Å²) in [6.07, 6.45) is -4.55. The Morgan fingerprint density at radius 3 is 2.38 bits per heavy atom. The van der Waals surface area contributed by atoms with Crippen molar-refractivity contribution in [1.29, 1.82) is 0 Å². The van der Waals surface area contributed by atoms with Gasteiger partial charge in [-0.05, 0) is 17.7 Å². The highest BCUT2D eigenvalue weighted by molar-refractivity contribution is 8.14. The SMILES string of the molecule is O=S(=O)(Cl)C(c1cc(Cl)c2c(c1)OCCCO2)C(F)(F)F. The number of hydrogen-bond acceptors (Lipinski definition) is 4. The van der Waals surface area contributed by atoms with Crippen LogP contribution >= 0.6 is 22.3 Å². The maximum Gasteiger partial charge on any atom is 0.410 e. The predicted octanol–water partition coefficient (Wildman–Crippen LogP) is 3.67. The number of alkyl halides is 3. The van der Waals surface area contributed by atoms with Gasteiger partial charge in [0.1, 0.15) is 0 Å². The molecule has 0 saturated heterocycles. The van der Waals surface area contributed by atoms with E-state index in [1.165, 1.54) is 0 Å². The summed E-state index contributed by atoms with van der Waals surface area (Å²) in [6.45, 7) is 0.514. The van der Waals surface area contributed by atoms with Gasteiger partial charge in [0.15, 0.2) is 16.7 Å². The molecule has 0 fully saturated rings. The highest BCUT2D eigenvalue weighted by atomic mass is 35.7. The molecular weight excluding hydrogens is 356 g/mol. The van der Waals surface area contributed by atoms with Crippen molar-refractivity contribution in [2.75, 3.05) is 13.2 Å². The molecular formula is C11H9Cl2F3O4S. The number of hydrogen-bond donors (Lipinski definition) is 0. The first-order chi connectivity index (χ1) is 9.60. The molecule has 1 unspecified atom stereocenters. The van der Waals surface area contributed by atoms with E-state index in [9.17, 15) is 21.6 Å². The van der Waals surface area contributed by atoms with Crippen LogP contribution in [0.2, 0.25) is 5.02 Å². The van der Waals surface area contributed by atoms with Gasteiger partial charge in [-0.25, -0.2) is 8.42 Å². The zero-order chi connectivity index (χ0) is 15.8. The molecule has 0 aliphatic carbocycles. The van der Waals surface area contributed by atoms with E-state index in [2.05, 4.69) is 0 Å². The lowest BCUT2D eigenvalue weighted by Crippen LogP contribution is -2.25. The Bertz CT molecular complexity index is 646. The van der Waals surface area contributed by atoms with Crippen LogP contribution in [0, 0.1) is 0 Å². The van der Waals surface area contributed by atoms with Crippen LogP contribution in [-0.2, 0) is 9.05 Å². The summed E-state index contributed by atoms with van der Waals surface area (Å²) in [5.41, 5.74) is -0.619. The standard InChI is InChI=1S/C11H9Cl2F3O4S/c12-7-4-6(10(11(14,15)16)21(13,17)18)5-8-9(7)20-3-1-2-19-8/h4-5,10H,1-3H2. The topological polar surface area (TPSA) is 52.6 Å². The third-order valence-corrected chi connectivity index (χ3v) is 4.62.